The van der Waals surface area contributed by atoms with E-state index in [1.54, 1.807) is 0 Å². The van der Waals surface area contributed by atoms with Crippen molar-refractivity contribution in [3.05, 3.63) is 0 Å². The molecule has 108 valence electrons. The maximum Gasteiger partial charge on any atom is 0.326 e. The van der Waals surface area contributed by atoms with Crippen LogP contribution in [0.1, 0.15) is 32.1 Å². The third kappa shape index (κ3) is 2.88. The number of aliphatic carboxylic acids is 1. The van der Waals surface area contributed by atoms with Crippen LogP contribution in [0, 0.1) is 5.92 Å². The predicted molar refractivity (Wildman–Crippen MR) is 63.5 cm³/mol. The van der Waals surface area contributed by atoms with E-state index in [-0.39, 0.29) is 12.5 Å². The van der Waals surface area contributed by atoms with E-state index in [1.165, 1.54) is 0 Å². The number of carboxylic acid groups (broad SMARTS) is 1. The standard InChI is InChI=1S/C11H16FNO5S/c12-19(17,18)8-5-9(14)13(6-8)10(11(15)16)7-3-1-2-4-7/h7-8,10H,1-6H2,(H,15,16). The average Bonchev–Trinajstić information content (AvgIpc) is 2.88. The lowest BCUT2D eigenvalue weighted by atomic mass is 9.97. The molecule has 1 saturated heterocycles. The lowest BCUT2D eigenvalue weighted by molar-refractivity contribution is -0.150. The van der Waals surface area contributed by atoms with Gasteiger partial charge in [0, 0.05) is 13.0 Å². The van der Waals surface area contributed by atoms with Crippen molar-refractivity contribution in [2.75, 3.05) is 6.54 Å². The molecular weight excluding hydrogens is 277 g/mol. The zero-order valence-electron chi connectivity index (χ0n) is 10.3. The third-order valence-electron chi connectivity index (χ3n) is 3.96. The minimum Gasteiger partial charge on any atom is -0.480 e. The molecule has 0 aromatic rings. The van der Waals surface area contributed by atoms with Crippen molar-refractivity contribution in [1.82, 2.24) is 4.90 Å². The van der Waals surface area contributed by atoms with Gasteiger partial charge in [0.1, 0.15) is 11.3 Å². The Hall–Kier alpha value is -1.18. The average molecular weight is 293 g/mol. The molecule has 0 spiro atoms. The topological polar surface area (TPSA) is 91.8 Å². The Balaban J connectivity index is 2.19. The highest BCUT2D eigenvalue weighted by Crippen LogP contribution is 2.33. The highest BCUT2D eigenvalue weighted by molar-refractivity contribution is 7.87. The van der Waals surface area contributed by atoms with Gasteiger partial charge >= 0.3 is 16.2 Å². The van der Waals surface area contributed by atoms with Crippen LogP contribution in [0.3, 0.4) is 0 Å². The van der Waals surface area contributed by atoms with Crippen LogP contribution in [-0.2, 0) is 19.8 Å². The van der Waals surface area contributed by atoms with Gasteiger partial charge in [0.15, 0.2) is 0 Å². The van der Waals surface area contributed by atoms with E-state index >= 15 is 0 Å². The molecule has 8 heteroatoms. The fraction of sp³-hybridized carbons (Fsp3) is 0.818. The van der Waals surface area contributed by atoms with Gasteiger partial charge in [-0.15, -0.1) is 3.89 Å². The van der Waals surface area contributed by atoms with E-state index in [0.717, 1.165) is 17.7 Å². The van der Waals surface area contributed by atoms with Crippen molar-refractivity contribution in [2.45, 2.75) is 43.4 Å². The van der Waals surface area contributed by atoms with Gasteiger partial charge in [0.2, 0.25) is 5.91 Å². The summed E-state index contributed by atoms with van der Waals surface area (Å²) in [5.41, 5.74) is 0. The van der Waals surface area contributed by atoms with Crippen molar-refractivity contribution in [3.8, 4) is 0 Å². The van der Waals surface area contributed by atoms with Gasteiger partial charge in [-0.1, -0.05) is 12.8 Å². The van der Waals surface area contributed by atoms with Gasteiger partial charge in [0.05, 0.1) is 0 Å². The van der Waals surface area contributed by atoms with Crippen LogP contribution < -0.4 is 0 Å². The van der Waals surface area contributed by atoms with Crippen LogP contribution in [0.5, 0.6) is 0 Å². The van der Waals surface area contributed by atoms with Crippen molar-refractivity contribution in [1.29, 1.82) is 0 Å². The second kappa shape index (κ2) is 5.07. The van der Waals surface area contributed by atoms with Crippen LogP contribution >= 0.6 is 0 Å². The molecule has 0 radical (unpaired) electrons. The molecule has 1 N–H and O–H groups in total. The van der Waals surface area contributed by atoms with Gasteiger partial charge in [-0.3, -0.25) is 4.79 Å². The lowest BCUT2D eigenvalue weighted by Gasteiger charge is -2.29. The van der Waals surface area contributed by atoms with Crippen LogP contribution in [0.2, 0.25) is 0 Å². The van der Waals surface area contributed by atoms with Crippen molar-refractivity contribution >= 4 is 22.1 Å². The molecule has 2 rings (SSSR count). The summed E-state index contributed by atoms with van der Waals surface area (Å²) >= 11 is 0. The summed E-state index contributed by atoms with van der Waals surface area (Å²) in [5.74, 6) is -1.90. The summed E-state index contributed by atoms with van der Waals surface area (Å²) < 4.78 is 34.6. The number of halogens is 1. The number of hydrogen-bond acceptors (Lipinski definition) is 4. The number of carbonyl (C=O) groups excluding carboxylic acids is 1. The molecule has 1 aliphatic carbocycles. The molecule has 0 aromatic carbocycles. The smallest absolute Gasteiger partial charge is 0.326 e. The first-order valence-corrected chi connectivity index (χ1v) is 7.71. The van der Waals surface area contributed by atoms with E-state index in [1.807, 2.05) is 0 Å². The second-order valence-corrected chi connectivity index (χ2v) is 6.79. The number of carbonyl (C=O) groups is 2. The first kappa shape index (κ1) is 14.2. The van der Waals surface area contributed by atoms with Crippen LogP contribution in [-0.4, -0.2) is 48.1 Å². The number of hydrogen-bond donors (Lipinski definition) is 1. The largest absolute Gasteiger partial charge is 0.480 e. The Morgan fingerprint density at radius 2 is 1.95 bits per heavy atom. The molecule has 2 unspecified atom stereocenters. The molecule has 0 aromatic heterocycles. The number of rotatable bonds is 4. The maximum absolute atomic E-state index is 12.9. The minimum absolute atomic E-state index is 0.164. The van der Waals surface area contributed by atoms with E-state index in [2.05, 4.69) is 0 Å². The molecule has 1 amide bonds. The zero-order chi connectivity index (χ0) is 14.2. The summed E-state index contributed by atoms with van der Waals surface area (Å²) in [4.78, 5) is 24.1. The summed E-state index contributed by atoms with van der Waals surface area (Å²) in [6, 6.07) is -1.03. The van der Waals surface area contributed by atoms with Crippen molar-refractivity contribution < 1.29 is 27.0 Å². The Labute approximate surface area is 110 Å². The molecule has 19 heavy (non-hydrogen) atoms. The summed E-state index contributed by atoms with van der Waals surface area (Å²) in [7, 11) is -4.81. The SMILES string of the molecule is O=C(O)C(C1CCCC1)N1CC(S(=O)(=O)F)CC1=O. The van der Waals surface area contributed by atoms with Crippen molar-refractivity contribution in [3.63, 3.8) is 0 Å². The van der Waals surface area contributed by atoms with Gasteiger partial charge in [-0.2, -0.15) is 8.42 Å². The molecule has 0 bridgehead atoms. The fourth-order valence-electron chi connectivity index (χ4n) is 3.02. The second-order valence-electron chi connectivity index (χ2n) is 5.18. The maximum atomic E-state index is 12.9. The Kier molecular flexibility index (Phi) is 3.80. The Morgan fingerprint density at radius 1 is 1.37 bits per heavy atom. The van der Waals surface area contributed by atoms with E-state index in [0.29, 0.717) is 12.8 Å². The molecule has 2 aliphatic rings. The first-order chi connectivity index (χ1) is 8.80. The number of carboxylic acids is 1. The highest BCUT2D eigenvalue weighted by atomic mass is 32.3. The normalized spacial score (nSPS) is 26.9. The zero-order valence-corrected chi connectivity index (χ0v) is 11.1. The van der Waals surface area contributed by atoms with E-state index in [9.17, 15) is 27.0 Å². The van der Waals surface area contributed by atoms with Gasteiger partial charge in [-0.05, 0) is 18.8 Å². The van der Waals surface area contributed by atoms with E-state index < -0.39 is 39.8 Å². The summed E-state index contributed by atoms with van der Waals surface area (Å²) in [5, 5.41) is 7.84. The van der Waals surface area contributed by atoms with Crippen LogP contribution in [0.25, 0.3) is 0 Å². The first-order valence-electron chi connectivity index (χ1n) is 6.26. The molecule has 1 heterocycles. The van der Waals surface area contributed by atoms with Gasteiger partial charge < -0.3 is 10.0 Å². The van der Waals surface area contributed by atoms with Crippen LogP contribution in [0.15, 0.2) is 0 Å². The summed E-state index contributed by atoms with van der Waals surface area (Å²) in [6.45, 7) is -0.356. The summed E-state index contributed by atoms with van der Waals surface area (Å²) in [6.07, 6.45) is 2.75. The Morgan fingerprint density at radius 3 is 2.37 bits per heavy atom. The third-order valence-corrected chi connectivity index (χ3v) is 5.07. The lowest BCUT2D eigenvalue weighted by Crippen LogP contribution is -2.47. The molecule has 6 nitrogen and oxygen atoms in total. The number of nitrogens with zero attached hydrogens (tertiary/aromatic N) is 1. The van der Waals surface area contributed by atoms with E-state index in [4.69, 9.17) is 0 Å². The molecule has 1 aliphatic heterocycles. The fourth-order valence-corrected chi connectivity index (χ4v) is 3.70. The number of amides is 1. The molecular formula is C11H16FNO5S. The quantitative estimate of drug-likeness (QED) is 0.763. The molecule has 2 fully saturated rings. The number of likely N-dealkylation sites (tertiary alicyclic amines) is 1. The highest BCUT2D eigenvalue weighted by Gasteiger charge is 2.46. The predicted octanol–water partition coefficient (Wildman–Crippen LogP) is 0.530. The Bertz CT molecular complexity index is 485. The monoisotopic (exact) mass is 293 g/mol. The van der Waals surface area contributed by atoms with Crippen LogP contribution in [0.4, 0.5) is 3.89 Å². The van der Waals surface area contributed by atoms with Gasteiger partial charge in [-0.25, -0.2) is 4.79 Å². The molecule has 2 atom stereocenters. The minimum atomic E-state index is -4.81. The molecule has 1 saturated carbocycles. The van der Waals surface area contributed by atoms with Gasteiger partial charge in [0.25, 0.3) is 0 Å². The van der Waals surface area contributed by atoms with Crippen molar-refractivity contribution in [2.24, 2.45) is 5.92 Å².